The molecule has 2 rings (SSSR count). The van der Waals surface area contributed by atoms with E-state index in [1.54, 1.807) is 18.2 Å². The molecule has 0 spiro atoms. The Bertz CT molecular complexity index is 747. The Balaban J connectivity index is 2.27. The van der Waals surface area contributed by atoms with Crippen LogP contribution in [0.5, 0.6) is 11.5 Å². The molecule has 1 aliphatic heterocycles. The van der Waals surface area contributed by atoms with E-state index in [4.69, 9.17) is 26.8 Å². The van der Waals surface area contributed by atoms with Crippen LogP contribution in [-0.2, 0) is 9.59 Å². The van der Waals surface area contributed by atoms with Gasteiger partial charge in [0.05, 0.1) is 17.6 Å². The molecule has 1 atom stereocenters. The van der Waals surface area contributed by atoms with Crippen molar-refractivity contribution in [2.75, 3.05) is 13.2 Å². The molecule has 1 heterocycles. The van der Waals surface area contributed by atoms with Crippen LogP contribution >= 0.6 is 24.0 Å². The Labute approximate surface area is 162 Å². The second-order valence-corrected chi connectivity index (χ2v) is 7.31. The van der Waals surface area contributed by atoms with Gasteiger partial charge in [0, 0.05) is 0 Å². The van der Waals surface area contributed by atoms with Crippen molar-refractivity contribution in [2.45, 2.75) is 33.3 Å². The summed E-state index contributed by atoms with van der Waals surface area (Å²) in [6, 6.07) is 5.43. The third-order valence-electron chi connectivity index (χ3n) is 3.64. The first kappa shape index (κ1) is 20.3. The summed E-state index contributed by atoms with van der Waals surface area (Å²) in [5.74, 6) is -0.257. The SMILES string of the molecule is CCOc1cc(/C=C2\SC(=S)N(CC(=O)O)C2=O)ccc1O[C@@H](C)CC. The van der Waals surface area contributed by atoms with Crippen LogP contribution in [0.3, 0.4) is 0 Å². The molecule has 1 amide bonds. The van der Waals surface area contributed by atoms with Gasteiger partial charge in [-0.25, -0.2) is 0 Å². The molecule has 140 valence electrons. The average molecular weight is 396 g/mol. The Morgan fingerprint density at radius 2 is 2.12 bits per heavy atom. The van der Waals surface area contributed by atoms with Crippen molar-refractivity contribution in [3.8, 4) is 11.5 Å². The van der Waals surface area contributed by atoms with Gasteiger partial charge in [0.15, 0.2) is 11.5 Å². The third-order valence-corrected chi connectivity index (χ3v) is 5.01. The fourth-order valence-corrected chi connectivity index (χ4v) is 3.46. The van der Waals surface area contributed by atoms with Crippen LogP contribution < -0.4 is 9.47 Å². The quantitative estimate of drug-likeness (QED) is 0.533. The van der Waals surface area contributed by atoms with Gasteiger partial charge < -0.3 is 14.6 Å². The van der Waals surface area contributed by atoms with E-state index in [0.717, 1.165) is 28.6 Å². The predicted octanol–water partition coefficient (Wildman–Crippen LogP) is 3.55. The monoisotopic (exact) mass is 395 g/mol. The number of aliphatic carboxylic acids is 1. The molecular formula is C18H21NO5S2. The van der Waals surface area contributed by atoms with E-state index in [9.17, 15) is 9.59 Å². The minimum atomic E-state index is -1.10. The first-order valence-electron chi connectivity index (χ1n) is 8.26. The van der Waals surface area contributed by atoms with Gasteiger partial charge in [0.1, 0.15) is 10.9 Å². The van der Waals surface area contributed by atoms with Gasteiger partial charge in [0.2, 0.25) is 0 Å². The van der Waals surface area contributed by atoms with Crippen LogP contribution in [0, 0.1) is 0 Å². The van der Waals surface area contributed by atoms with Crippen molar-refractivity contribution >= 4 is 46.3 Å². The Morgan fingerprint density at radius 3 is 2.73 bits per heavy atom. The number of carbonyl (C=O) groups excluding carboxylic acids is 1. The van der Waals surface area contributed by atoms with Gasteiger partial charge in [-0.3, -0.25) is 14.5 Å². The highest BCUT2D eigenvalue weighted by atomic mass is 32.2. The van der Waals surface area contributed by atoms with Crippen LogP contribution in [0.25, 0.3) is 6.08 Å². The summed E-state index contributed by atoms with van der Waals surface area (Å²) in [5, 5.41) is 8.89. The summed E-state index contributed by atoms with van der Waals surface area (Å²) < 4.78 is 11.7. The van der Waals surface area contributed by atoms with Gasteiger partial charge in [0.25, 0.3) is 5.91 Å². The van der Waals surface area contributed by atoms with Gasteiger partial charge in [-0.15, -0.1) is 0 Å². The van der Waals surface area contributed by atoms with E-state index in [1.807, 2.05) is 26.8 Å². The molecular weight excluding hydrogens is 374 g/mol. The van der Waals surface area contributed by atoms with Crippen LogP contribution in [-0.4, -0.2) is 45.5 Å². The second-order valence-electron chi connectivity index (χ2n) is 5.64. The summed E-state index contributed by atoms with van der Waals surface area (Å²) in [5.41, 5.74) is 0.751. The number of benzene rings is 1. The summed E-state index contributed by atoms with van der Waals surface area (Å²) in [7, 11) is 0. The number of hydrogen-bond acceptors (Lipinski definition) is 6. The summed E-state index contributed by atoms with van der Waals surface area (Å²) in [6.45, 7) is 5.96. The van der Waals surface area contributed by atoms with Crippen LogP contribution in [0.15, 0.2) is 23.1 Å². The number of thiocarbonyl (C=S) groups is 1. The maximum Gasteiger partial charge on any atom is 0.323 e. The van der Waals surface area contributed by atoms with Gasteiger partial charge >= 0.3 is 5.97 Å². The van der Waals surface area contributed by atoms with E-state index >= 15 is 0 Å². The molecule has 0 aromatic heterocycles. The fraction of sp³-hybridized carbons (Fsp3) is 0.389. The Kier molecular flexibility index (Phi) is 7.05. The van der Waals surface area contributed by atoms with Crippen LogP contribution in [0.1, 0.15) is 32.8 Å². The topological polar surface area (TPSA) is 76.1 Å². The standard InChI is InChI=1S/C18H21NO5S2/c1-4-11(3)24-13-7-6-12(8-14(13)23-5-2)9-15-17(22)19(10-16(20)21)18(25)26-15/h6-9,11H,4-5,10H2,1-3H3,(H,20,21)/b15-9-/t11-/m0/s1. The molecule has 0 radical (unpaired) electrons. The zero-order chi connectivity index (χ0) is 19.3. The number of hydrogen-bond donors (Lipinski definition) is 1. The zero-order valence-electron chi connectivity index (χ0n) is 14.9. The first-order chi connectivity index (χ1) is 12.3. The number of rotatable bonds is 8. The lowest BCUT2D eigenvalue weighted by Gasteiger charge is -2.16. The number of carboxylic acids is 1. The largest absolute Gasteiger partial charge is 0.490 e. The van der Waals surface area contributed by atoms with Crippen molar-refractivity contribution in [3.05, 3.63) is 28.7 Å². The van der Waals surface area contributed by atoms with Crippen LogP contribution in [0.4, 0.5) is 0 Å². The Hall–Kier alpha value is -2.06. The molecule has 6 nitrogen and oxygen atoms in total. The minimum Gasteiger partial charge on any atom is -0.490 e. The van der Waals surface area contributed by atoms with Gasteiger partial charge in [-0.1, -0.05) is 37.0 Å². The van der Waals surface area contributed by atoms with E-state index in [-0.39, 0.29) is 10.4 Å². The van der Waals surface area contributed by atoms with Crippen molar-refractivity contribution in [2.24, 2.45) is 0 Å². The molecule has 26 heavy (non-hydrogen) atoms. The molecule has 1 aromatic carbocycles. The highest BCUT2D eigenvalue weighted by Gasteiger charge is 2.33. The smallest absolute Gasteiger partial charge is 0.323 e. The first-order valence-corrected chi connectivity index (χ1v) is 9.48. The van der Waals surface area contributed by atoms with Crippen molar-refractivity contribution in [1.29, 1.82) is 0 Å². The van der Waals surface area contributed by atoms with E-state index in [2.05, 4.69) is 0 Å². The molecule has 0 saturated carbocycles. The molecule has 1 aliphatic rings. The summed E-state index contributed by atoms with van der Waals surface area (Å²) in [6.07, 6.45) is 2.61. The molecule has 0 bridgehead atoms. The van der Waals surface area contributed by atoms with E-state index in [1.165, 1.54) is 0 Å². The fourth-order valence-electron chi connectivity index (χ4n) is 2.20. The van der Waals surface area contributed by atoms with Crippen molar-refractivity contribution in [1.82, 2.24) is 4.90 Å². The van der Waals surface area contributed by atoms with Crippen molar-refractivity contribution < 1.29 is 24.2 Å². The highest BCUT2D eigenvalue weighted by molar-refractivity contribution is 8.26. The number of carboxylic acid groups (broad SMARTS) is 1. The summed E-state index contributed by atoms with van der Waals surface area (Å²) in [4.78, 5) is 24.7. The number of thioether (sulfide) groups is 1. The molecule has 8 heteroatoms. The molecule has 1 saturated heterocycles. The third kappa shape index (κ3) is 4.98. The predicted molar refractivity (Wildman–Crippen MR) is 106 cm³/mol. The maximum absolute atomic E-state index is 12.3. The molecule has 1 aromatic rings. The lowest BCUT2D eigenvalue weighted by molar-refractivity contribution is -0.140. The number of nitrogens with zero attached hydrogens (tertiary/aromatic N) is 1. The van der Waals surface area contributed by atoms with Crippen LogP contribution in [0.2, 0.25) is 0 Å². The molecule has 1 fully saturated rings. The molecule has 1 N–H and O–H groups in total. The van der Waals surface area contributed by atoms with Gasteiger partial charge in [-0.05, 0) is 44.0 Å². The maximum atomic E-state index is 12.3. The lowest BCUT2D eigenvalue weighted by atomic mass is 10.1. The van der Waals surface area contributed by atoms with Gasteiger partial charge in [-0.2, -0.15) is 0 Å². The van der Waals surface area contributed by atoms with Crippen molar-refractivity contribution in [3.63, 3.8) is 0 Å². The van der Waals surface area contributed by atoms with E-state index < -0.39 is 18.4 Å². The molecule has 0 aliphatic carbocycles. The normalized spacial score (nSPS) is 16.9. The minimum absolute atomic E-state index is 0.0623. The highest BCUT2D eigenvalue weighted by Crippen LogP contribution is 2.35. The number of ether oxygens (including phenoxy) is 2. The number of amides is 1. The Morgan fingerprint density at radius 1 is 1.38 bits per heavy atom. The second kappa shape index (κ2) is 9.05. The zero-order valence-corrected chi connectivity index (χ0v) is 16.5. The number of carbonyl (C=O) groups is 2. The lowest BCUT2D eigenvalue weighted by Crippen LogP contribution is -2.33. The average Bonchev–Trinajstić information content (AvgIpc) is 2.84. The van der Waals surface area contributed by atoms with E-state index in [0.29, 0.717) is 23.0 Å². The summed E-state index contributed by atoms with van der Waals surface area (Å²) >= 11 is 6.19. The molecule has 0 unspecified atom stereocenters.